The molecular weight excluding hydrogens is 390 g/mol. The van der Waals surface area contributed by atoms with Crippen LogP contribution >= 0.6 is 11.6 Å². The molecule has 0 aliphatic heterocycles. The van der Waals surface area contributed by atoms with E-state index in [1.165, 1.54) is 6.21 Å². The number of hydrazone groups is 1. The van der Waals surface area contributed by atoms with Gasteiger partial charge in [0.2, 0.25) is 0 Å². The summed E-state index contributed by atoms with van der Waals surface area (Å²) in [6.45, 7) is 3.79. The molecule has 0 radical (unpaired) electrons. The van der Waals surface area contributed by atoms with Crippen molar-refractivity contribution >= 4 is 29.6 Å². The number of ether oxygens (including phenoxy) is 1. The number of carbonyl (C=O) groups excluding carboxylic acids is 2. The molecule has 2 aromatic rings. The van der Waals surface area contributed by atoms with Crippen molar-refractivity contribution in [3.63, 3.8) is 0 Å². The van der Waals surface area contributed by atoms with E-state index in [4.69, 9.17) is 22.8 Å². The third-order valence-corrected chi connectivity index (χ3v) is 4.20. The van der Waals surface area contributed by atoms with Gasteiger partial charge in [0.05, 0.1) is 6.21 Å². The van der Waals surface area contributed by atoms with E-state index < -0.39 is 11.9 Å². The van der Waals surface area contributed by atoms with E-state index in [9.17, 15) is 9.59 Å². The Kier molecular flexibility index (Phi) is 8.26. The van der Waals surface area contributed by atoms with E-state index in [-0.39, 0.29) is 18.4 Å². The maximum Gasteiger partial charge on any atom is 0.262 e. The van der Waals surface area contributed by atoms with Gasteiger partial charge in [-0.25, -0.2) is 5.43 Å². The van der Waals surface area contributed by atoms with Gasteiger partial charge in [0.15, 0.2) is 0 Å². The summed E-state index contributed by atoms with van der Waals surface area (Å²) in [6.07, 6.45) is 6.67. The highest BCUT2D eigenvalue weighted by Crippen LogP contribution is 2.15. The number of hydrogen-bond donors (Lipinski definition) is 2. The smallest absolute Gasteiger partial charge is 0.262 e. The molecule has 2 rings (SSSR count). The summed E-state index contributed by atoms with van der Waals surface area (Å²) in [5.74, 6) is 2.01. The molecular formula is C22H22ClN3O3. The second kappa shape index (κ2) is 10.9. The number of hydrogen-bond acceptors (Lipinski definition) is 4. The largest absolute Gasteiger partial charge is 0.480 e. The molecule has 0 aromatic heterocycles. The van der Waals surface area contributed by atoms with Crippen molar-refractivity contribution in [3.8, 4) is 18.1 Å². The number of nitrogens with zero attached hydrogens (tertiary/aromatic N) is 1. The highest BCUT2D eigenvalue weighted by atomic mass is 35.5. The number of amides is 2. The Bertz CT molecular complexity index is 918. The Morgan fingerprint density at radius 3 is 2.55 bits per heavy atom. The van der Waals surface area contributed by atoms with Gasteiger partial charge in [-0.05, 0) is 42.3 Å². The SMILES string of the molecule is C#CCOc1ccccc1/C=N/NC(=O)C(NC(=O)c1ccc(Cl)cc1)C(C)C. The summed E-state index contributed by atoms with van der Waals surface area (Å²) >= 11 is 5.84. The molecule has 0 aliphatic rings. The Balaban J connectivity index is 2.03. The average Bonchev–Trinajstić information content (AvgIpc) is 2.71. The summed E-state index contributed by atoms with van der Waals surface area (Å²) in [4.78, 5) is 24.9. The van der Waals surface area contributed by atoms with Crippen LogP contribution in [0.25, 0.3) is 0 Å². The van der Waals surface area contributed by atoms with Crippen molar-refractivity contribution in [2.24, 2.45) is 11.0 Å². The fourth-order valence-corrected chi connectivity index (χ4v) is 2.56. The van der Waals surface area contributed by atoms with E-state index >= 15 is 0 Å². The van der Waals surface area contributed by atoms with Crippen LogP contribution in [0.5, 0.6) is 5.75 Å². The zero-order valence-corrected chi connectivity index (χ0v) is 16.9. The van der Waals surface area contributed by atoms with Crippen LogP contribution in [0.4, 0.5) is 0 Å². The molecule has 6 nitrogen and oxygen atoms in total. The summed E-state index contributed by atoms with van der Waals surface area (Å²) < 4.78 is 5.43. The molecule has 2 amide bonds. The van der Waals surface area contributed by atoms with Gasteiger partial charge < -0.3 is 10.1 Å². The van der Waals surface area contributed by atoms with Gasteiger partial charge >= 0.3 is 0 Å². The molecule has 0 saturated heterocycles. The van der Waals surface area contributed by atoms with E-state index in [0.29, 0.717) is 21.9 Å². The molecule has 0 bridgehead atoms. The van der Waals surface area contributed by atoms with Crippen molar-refractivity contribution in [1.29, 1.82) is 0 Å². The Labute approximate surface area is 175 Å². The van der Waals surface area contributed by atoms with Gasteiger partial charge in [-0.15, -0.1) is 6.42 Å². The lowest BCUT2D eigenvalue weighted by atomic mass is 10.0. The van der Waals surface area contributed by atoms with Crippen LogP contribution in [0.1, 0.15) is 29.8 Å². The highest BCUT2D eigenvalue weighted by Gasteiger charge is 2.24. The second-order valence-corrected chi connectivity index (χ2v) is 6.90. The first-order chi connectivity index (χ1) is 13.9. The van der Waals surface area contributed by atoms with Gasteiger partial charge in [-0.1, -0.05) is 43.5 Å². The summed E-state index contributed by atoms with van der Waals surface area (Å²) in [6, 6.07) is 12.8. The van der Waals surface area contributed by atoms with Gasteiger partial charge in [0.1, 0.15) is 18.4 Å². The number of nitrogens with one attached hydrogen (secondary N) is 2. The molecule has 0 saturated carbocycles. The summed E-state index contributed by atoms with van der Waals surface area (Å²) in [5, 5.41) is 7.23. The maximum atomic E-state index is 12.5. The predicted octanol–water partition coefficient (Wildman–Crippen LogP) is 3.26. The molecule has 0 heterocycles. The van der Waals surface area contributed by atoms with Crippen LogP contribution in [0.2, 0.25) is 5.02 Å². The van der Waals surface area contributed by atoms with Gasteiger partial charge in [-0.2, -0.15) is 5.10 Å². The van der Waals surface area contributed by atoms with Crippen LogP contribution in [0, 0.1) is 18.3 Å². The predicted molar refractivity (Wildman–Crippen MR) is 114 cm³/mol. The molecule has 150 valence electrons. The van der Waals surface area contributed by atoms with Crippen molar-refractivity contribution in [2.45, 2.75) is 19.9 Å². The topological polar surface area (TPSA) is 79.8 Å². The fourth-order valence-electron chi connectivity index (χ4n) is 2.43. The minimum Gasteiger partial charge on any atom is -0.480 e. The third-order valence-electron chi connectivity index (χ3n) is 3.95. The quantitative estimate of drug-likeness (QED) is 0.397. The number of para-hydroxylation sites is 1. The molecule has 1 atom stereocenters. The lowest BCUT2D eigenvalue weighted by Gasteiger charge is -2.20. The van der Waals surface area contributed by atoms with E-state index in [2.05, 4.69) is 21.8 Å². The van der Waals surface area contributed by atoms with E-state index in [1.54, 1.807) is 36.4 Å². The number of carbonyl (C=O) groups is 2. The monoisotopic (exact) mass is 411 g/mol. The molecule has 1 unspecified atom stereocenters. The number of benzene rings is 2. The standard InChI is InChI=1S/C22H22ClN3O3/c1-4-13-29-19-8-6-5-7-17(19)14-24-26-22(28)20(15(2)3)25-21(27)16-9-11-18(23)12-10-16/h1,5-12,14-15,20H,13H2,2-3H3,(H,25,27)(H,26,28)/b24-14+. The molecule has 0 spiro atoms. The highest BCUT2D eigenvalue weighted by molar-refractivity contribution is 6.30. The Morgan fingerprint density at radius 1 is 1.21 bits per heavy atom. The average molecular weight is 412 g/mol. The minimum absolute atomic E-state index is 0.128. The van der Waals surface area contributed by atoms with Crippen LogP contribution in [-0.4, -0.2) is 30.7 Å². The van der Waals surface area contributed by atoms with Crippen LogP contribution in [0.3, 0.4) is 0 Å². The van der Waals surface area contributed by atoms with Crippen molar-refractivity contribution < 1.29 is 14.3 Å². The van der Waals surface area contributed by atoms with E-state index in [0.717, 1.165) is 0 Å². The Morgan fingerprint density at radius 2 is 1.90 bits per heavy atom. The van der Waals surface area contributed by atoms with E-state index in [1.807, 2.05) is 26.0 Å². The van der Waals surface area contributed by atoms with Gasteiger partial charge in [0.25, 0.3) is 11.8 Å². The maximum absolute atomic E-state index is 12.5. The minimum atomic E-state index is -0.761. The fraction of sp³-hybridized carbons (Fsp3) is 0.227. The summed E-state index contributed by atoms with van der Waals surface area (Å²) in [7, 11) is 0. The lowest BCUT2D eigenvalue weighted by molar-refractivity contribution is -0.123. The number of halogens is 1. The molecule has 2 N–H and O–H groups in total. The zero-order valence-electron chi connectivity index (χ0n) is 16.2. The molecule has 2 aromatic carbocycles. The normalized spacial score (nSPS) is 11.7. The first kappa shape index (κ1) is 22.0. The van der Waals surface area contributed by atoms with Crippen LogP contribution in [-0.2, 0) is 4.79 Å². The van der Waals surface area contributed by atoms with Crippen LogP contribution < -0.4 is 15.5 Å². The number of terminal acetylenes is 1. The first-order valence-electron chi connectivity index (χ1n) is 8.97. The lowest BCUT2D eigenvalue weighted by Crippen LogP contribution is -2.48. The van der Waals surface area contributed by atoms with Gasteiger partial charge in [0, 0.05) is 16.1 Å². The van der Waals surface area contributed by atoms with Crippen molar-refractivity contribution in [2.75, 3.05) is 6.61 Å². The first-order valence-corrected chi connectivity index (χ1v) is 9.34. The van der Waals surface area contributed by atoms with Crippen molar-refractivity contribution in [1.82, 2.24) is 10.7 Å². The third kappa shape index (κ3) is 6.66. The molecule has 0 aliphatic carbocycles. The Hall–Kier alpha value is -3.30. The second-order valence-electron chi connectivity index (χ2n) is 6.47. The molecule has 0 fully saturated rings. The van der Waals surface area contributed by atoms with Gasteiger partial charge in [-0.3, -0.25) is 9.59 Å². The summed E-state index contributed by atoms with van der Waals surface area (Å²) in [5.41, 5.74) is 3.53. The number of rotatable bonds is 8. The van der Waals surface area contributed by atoms with Crippen molar-refractivity contribution in [3.05, 3.63) is 64.7 Å². The molecule has 29 heavy (non-hydrogen) atoms. The van der Waals surface area contributed by atoms with Crippen LogP contribution in [0.15, 0.2) is 53.6 Å². The zero-order chi connectivity index (χ0) is 21.2. The molecule has 7 heteroatoms.